The molecule has 0 saturated heterocycles. The van der Waals surface area contributed by atoms with Gasteiger partial charge in [-0.05, 0) is 22.6 Å². The minimum atomic E-state index is 0.481. The number of benzene rings is 1. The average Bonchev–Trinajstić information content (AvgIpc) is 2.84. The molecule has 0 amide bonds. The van der Waals surface area contributed by atoms with Gasteiger partial charge in [-0.15, -0.1) is 5.10 Å². The first-order valence-electron chi connectivity index (χ1n) is 6.02. The van der Waals surface area contributed by atoms with Crippen LogP contribution in [0.3, 0.4) is 0 Å². The van der Waals surface area contributed by atoms with Crippen LogP contribution in [0.5, 0.6) is 5.75 Å². The van der Waals surface area contributed by atoms with Crippen LogP contribution in [0.1, 0.15) is 5.82 Å². The molecule has 1 aromatic carbocycles. The quantitative estimate of drug-likeness (QED) is 0.733. The Balaban J connectivity index is 1.84. The van der Waals surface area contributed by atoms with Crippen LogP contribution in [-0.4, -0.2) is 40.5 Å². The number of hydrogen-bond acceptors (Lipinski definition) is 6. The average molecular weight is 263 g/mol. The van der Waals surface area contributed by atoms with Crippen molar-refractivity contribution in [1.29, 1.82) is 0 Å². The largest absolute Gasteiger partial charge is 0.492 e. The SMILES string of the molecule is COCCc1nnnn1CCOc1cccc(N)c1. The summed E-state index contributed by atoms with van der Waals surface area (Å²) in [5, 5.41) is 11.5. The summed E-state index contributed by atoms with van der Waals surface area (Å²) in [6, 6.07) is 7.32. The Hall–Kier alpha value is -2.15. The number of aromatic nitrogens is 4. The molecule has 2 rings (SSSR count). The number of nitrogens with zero attached hydrogens (tertiary/aromatic N) is 4. The molecule has 1 aromatic heterocycles. The molecule has 0 radical (unpaired) electrons. The van der Waals surface area contributed by atoms with Gasteiger partial charge in [-0.2, -0.15) is 0 Å². The van der Waals surface area contributed by atoms with Crippen molar-refractivity contribution in [3.8, 4) is 5.75 Å². The first-order valence-corrected chi connectivity index (χ1v) is 6.02. The molecule has 0 saturated carbocycles. The Kier molecular flexibility index (Phi) is 4.68. The summed E-state index contributed by atoms with van der Waals surface area (Å²) >= 11 is 0. The van der Waals surface area contributed by atoms with Crippen molar-refractivity contribution in [2.75, 3.05) is 26.1 Å². The Morgan fingerprint density at radius 1 is 1.32 bits per heavy atom. The smallest absolute Gasteiger partial charge is 0.153 e. The van der Waals surface area contributed by atoms with E-state index in [0.717, 1.165) is 11.6 Å². The van der Waals surface area contributed by atoms with E-state index >= 15 is 0 Å². The van der Waals surface area contributed by atoms with Crippen molar-refractivity contribution in [2.45, 2.75) is 13.0 Å². The number of nitrogens with two attached hydrogens (primary N) is 1. The Morgan fingerprint density at radius 3 is 3.00 bits per heavy atom. The van der Waals surface area contributed by atoms with Crippen LogP contribution in [0.4, 0.5) is 5.69 Å². The summed E-state index contributed by atoms with van der Waals surface area (Å²) in [5.41, 5.74) is 6.35. The van der Waals surface area contributed by atoms with Gasteiger partial charge in [0.25, 0.3) is 0 Å². The lowest BCUT2D eigenvalue weighted by molar-refractivity contribution is 0.198. The van der Waals surface area contributed by atoms with Crippen molar-refractivity contribution in [1.82, 2.24) is 20.2 Å². The highest BCUT2D eigenvalue weighted by molar-refractivity contribution is 5.43. The monoisotopic (exact) mass is 263 g/mol. The number of ether oxygens (including phenoxy) is 2. The van der Waals surface area contributed by atoms with Crippen molar-refractivity contribution < 1.29 is 9.47 Å². The number of tetrazole rings is 1. The second-order valence-electron chi connectivity index (χ2n) is 3.98. The number of methoxy groups -OCH3 is 1. The highest BCUT2D eigenvalue weighted by Crippen LogP contribution is 2.14. The highest BCUT2D eigenvalue weighted by atomic mass is 16.5. The molecule has 0 unspecified atom stereocenters. The third-order valence-electron chi connectivity index (χ3n) is 2.57. The van der Waals surface area contributed by atoms with Crippen LogP contribution >= 0.6 is 0 Å². The molecule has 0 aliphatic carbocycles. The molecule has 1 heterocycles. The number of nitrogen functional groups attached to an aromatic ring is 1. The van der Waals surface area contributed by atoms with Crippen LogP contribution in [-0.2, 0) is 17.7 Å². The molecule has 0 aliphatic rings. The van der Waals surface area contributed by atoms with Crippen LogP contribution in [0.25, 0.3) is 0 Å². The van der Waals surface area contributed by atoms with Gasteiger partial charge in [-0.3, -0.25) is 0 Å². The molecular weight excluding hydrogens is 246 g/mol. The lowest BCUT2D eigenvalue weighted by Gasteiger charge is -2.07. The third kappa shape index (κ3) is 3.92. The molecular formula is C12H17N5O2. The van der Waals surface area contributed by atoms with Gasteiger partial charge in [0.05, 0.1) is 13.2 Å². The van der Waals surface area contributed by atoms with E-state index in [2.05, 4.69) is 15.5 Å². The van der Waals surface area contributed by atoms with Crippen molar-refractivity contribution >= 4 is 5.69 Å². The second-order valence-corrected chi connectivity index (χ2v) is 3.98. The van der Waals surface area contributed by atoms with Crippen molar-refractivity contribution in [2.24, 2.45) is 0 Å². The highest BCUT2D eigenvalue weighted by Gasteiger charge is 2.05. The molecule has 0 aliphatic heterocycles. The summed E-state index contributed by atoms with van der Waals surface area (Å²) in [6.45, 7) is 1.66. The second kappa shape index (κ2) is 6.69. The molecule has 7 nitrogen and oxygen atoms in total. The minimum Gasteiger partial charge on any atom is -0.492 e. The predicted molar refractivity (Wildman–Crippen MR) is 69.7 cm³/mol. The van der Waals surface area contributed by atoms with Crippen LogP contribution < -0.4 is 10.5 Å². The lowest BCUT2D eigenvalue weighted by atomic mass is 10.3. The first kappa shape index (κ1) is 13.3. The molecule has 0 bridgehead atoms. The summed E-state index contributed by atoms with van der Waals surface area (Å²) in [6.07, 6.45) is 0.682. The van der Waals surface area contributed by atoms with E-state index < -0.39 is 0 Å². The predicted octanol–water partition coefficient (Wildman–Crippen LogP) is 0.523. The van der Waals surface area contributed by atoms with Gasteiger partial charge < -0.3 is 15.2 Å². The molecule has 0 atom stereocenters. The van der Waals surface area contributed by atoms with Gasteiger partial charge in [-0.25, -0.2) is 4.68 Å². The van der Waals surface area contributed by atoms with Gasteiger partial charge in [0, 0.05) is 25.3 Å². The minimum absolute atomic E-state index is 0.481. The van der Waals surface area contributed by atoms with Crippen molar-refractivity contribution in [3.05, 3.63) is 30.1 Å². The maximum Gasteiger partial charge on any atom is 0.153 e. The van der Waals surface area contributed by atoms with E-state index in [-0.39, 0.29) is 0 Å². The zero-order valence-electron chi connectivity index (χ0n) is 10.8. The van der Waals surface area contributed by atoms with E-state index in [0.29, 0.717) is 31.9 Å². The van der Waals surface area contributed by atoms with E-state index in [1.807, 2.05) is 18.2 Å². The zero-order chi connectivity index (χ0) is 13.5. The Morgan fingerprint density at radius 2 is 2.21 bits per heavy atom. The summed E-state index contributed by atoms with van der Waals surface area (Å²) in [7, 11) is 1.65. The molecule has 0 spiro atoms. The maximum absolute atomic E-state index is 5.67. The van der Waals surface area contributed by atoms with E-state index in [9.17, 15) is 0 Å². The molecule has 7 heteroatoms. The van der Waals surface area contributed by atoms with Crippen LogP contribution in [0, 0.1) is 0 Å². The summed E-state index contributed by atoms with van der Waals surface area (Å²) < 4.78 is 12.3. The molecule has 19 heavy (non-hydrogen) atoms. The van der Waals surface area contributed by atoms with Crippen molar-refractivity contribution in [3.63, 3.8) is 0 Å². The van der Waals surface area contributed by atoms with Gasteiger partial charge in [0.15, 0.2) is 5.82 Å². The van der Waals surface area contributed by atoms with E-state index in [4.69, 9.17) is 15.2 Å². The fourth-order valence-corrected chi connectivity index (χ4v) is 1.62. The maximum atomic E-state index is 5.67. The van der Waals surface area contributed by atoms with Gasteiger partial charge in [-0.1, -0.05) is 6.07 Å². The number of rotatable bonds is 7. The van der Waals surface area contributed by atoms with E-state index in [1.165, 1.54) is 0 Å². The fraction of sp³-hybridized carbons (Fsp3) is 0.417. The molecule has 2 aromatic rings. The normalized spacial score (nSPS) is 10.6. The standard InChI is InChI=1S/C12H17N5O2/c1-18-7-5-12-14-15-16-17(12)6-8-19-11-4-2-3-10(13)9-11/h2-4,9H,5-8,13H2,1H3. The topological polar surface area (TPSA) is 88.1 Å². The fourth-order valence-electron chi connectivity index (χ4n) is 1.62. The van der Waals surface area contributed by atoms with Crippen LogP contribution in [0.15, 0.2) is 24.3 Å². The lowest BCUT2D eigenvalue weighted by Crippen LogP contribution is -2.14. The molecule has 102 valence electrons. The van der Waals surface area contributed by atoms with Gasteiger partial charge >= 0.3 is 0 Å². The molecule has 2 N–H and O–H groups in total. The summed E-state index contributed by atoms with van der Waals surface area (Å²) in [5.74, 6) is 1.53. The Labute approximate surface area is 111 Å². The number of anilines is 1. The first-order chi connectivity index (χ1) is 9.29. The zero-order valence-corrected chi connectivity index (χ0v) is 10.8. The number of hydrogen-bond donors (Lipinski definition) is 1. The van der Waals surface area contributed by atoms with Crippen LogP contribution in [0.2, 0.25) is 0 Å². The molecule has 0 fully saturated rings. The van der Waals surface area contributed by atoms with Gasteiger partial charge in [0.1, 0.15) is 12.4 Å². The van der Waals surface area contributed by atoms with E-state index in [1.54, 1.807) is 17.9 Å². The van der Waals surface area contributed by atoms with Gasteiger partial charge in [0.2, 0.25) is 0 Å². The third-order valence-corrected chi connectivity index (χ3v) is 2.57. The Bertz CT molecular complexity index is 514. The summed E-state index contributed by atoms with van der Waals surface area (Å²) in [4.78, 5) is 0.